The van der Waals surface area contributed by atoms with E-state index in [1.165, 1.54) is 0 Å². The Morgan fingerprint density at radius 1 is 1.15 bits per heavy atom. The molecule has 0 bridgehead atoms. The van der Waals surface area contributed by atoms with Crippen molar-refractivity contribution in [2.24, 2.45) is 11.8 Å². The molecule has 0 spiro atoms. The third-order valence-corrected chi connectivity index (χ3v) is 9.52. The number of likely N-dealkylation sites (tertiary alicyclic amines) is 2. The maximum Gasteiger partial charge on any atom is 0.274 e. The van der Waals surface area contributed by atoms with Crippen LogP contribution in [0.3, 0.4) is 0 Å². The summed E-state index contributed by atoms with van der Waals surface area (Å²) in [5.74, 6) is 1.87. The van der Waals surface area contributed by atoms with Crippen LogP contribution in [0.2, 0.25) is 5.02 Å². The highest BCUT2D eigenvalue weighted by Gasteiger charge is 2.56. The summed E-state index contributed by atoms with van der Waals surface area (Å²) in [5.41, 5.74) is 2.66. The van der Waals surface area contributed by atoms with Gasteiger partial charge in [0, 0.05) is 56.0 Å². The molecule has 2 saturated heterocycles. The molecule has 0 unspecified atom stereocenters. The molecule has 1 N–H and O–H groups in total. The van der Waals surface area contributed by atoms with Crippen LogP contribution < -0.4 is 4.74 Å². The van der Waals surface area contributed by atoms with Gasteiger partial charge in [-0.2, -0.15) is 5.10 Å². The van der Waals surface area contributed by atoms with E-state index in [1.807, 2.05) is 21.4 Å². The molecule has 2 aliphatic carbocycles. The number of aliphatic hydroxyl groups is 1. The number of halogens is 1. The first-order chi connectivity index (χ1) is 19.4. The van der Waals surface area contributed by atoms with Crippen LogP contribution in [-0.4, -0.2) is 92.6 Å². The van der Waals surface area contributed by atoms with E-state index in [0.717, 1.165) is 30.5 Å². The Morgan fingerprint density at radius 3 is 2.65 bits per heavy atom. The Labute approximate surface area is 239 Å². The number of rotatable bonds is 8. The van der Waals surface area contributed by atoms with Crippen LogP contribution in [0.1, 0.15) is 67.2 Å². The van der Waals surface area contributed by atoms with Gasteiger partial charge < -0.3 is 24.4 Å². The van der Waals surface area contributed by atoms with Gasteiger partial charge in [0.25, 0.3) is 5.91 Å². The van der Waals surface area contributed by atoms with Gasteiger partial charge in [-0.3, -0.25) is 14.3 Å². The fourth-order valence-electron chi connectivity index (χ4n) is 6.96. The van der Waals surface area contributed by atoms with Crippen molar-refractivity contribution in [2.45, 2.75) is 76.7 Å². The van der Waals surface area contributed by atoms with Crippen molar-refractivity contribution < 1.29 is 24.2 Å². The topological polar surface area (TPSA) is 110 Å². The number of amides is 2. The van der Waals surface area contributed by atoms with E-state index >= 15 is 0 Å². The molecule has 0 aromatic carbocycles. The lowest BCUT2D eigenvalue weighted by Crippen LogP contribution is -2.48. The second kappa shape index (κ2) is 11.3. The van der Waals surface area contributed by atoms with Crippen molar-refractivity contribution in [3.8, 4) is 5.88 Å². The van der Waals surface area contributed by atoms with Crippen molar-refractivity contribution in [1.82, 2.24) is 24.6 Å². The second-order valence-corrected chi connectivity index (χ2v) is 12.1. The minimum Gasteiger partial charge on any atom is -0.473 e. The Bertz CT molecular complexity index is 1260. The Kier molecular flexibility index (Phi) is 7.76. The number of hydrogen-bond acceptors (Lipinski definition) is 7. The summed E-state index contributed by atoms with van der Waals surface area (Å²) in [6.07, 6.45) is 5.44. The molecule has 4 aliphatic rings. The summed E-state index contributed by atoms with van der Waals surface area (Å²) in [7, 11) is 0. The van der Waals surface area contributed by atoms with Gasteiger partial charge in [-0.05, 0) is 56.1 Å². The van der Waals surface area contributed by atoms with Gasteiger partial charge in [0.2, 0.25) is 11.8 Å². The number of fused-ring (bicyclic) bond motifs is 3. The van der Waals surface area contributed by atoms with E-state index in [1.54, 1.807) is 18.3 Å². The van der Waals surface area contributed by atoms with E-state index < -0.39 is 0 Å². The first kappa shape index (κ1) is 27.5. The fraction of sp³-hybridized carbons (Fsp3) is 0.655. The van der Waals surface area contributed by atoms with Crippen LogP contribution in [0.4, 0.5) is 0 Å². The summed E-state index contributed by atoms with van der Waals surface area (Å²) in [6.45, 7) is 6.56. The van der Waals surface area contributed by atoms with Gasteiger partial charge in [-0.15, -0.1) is 0 Å². The molecule has 11 heteroatoms. The second-order valence-electron chi connectivity index (χ2n) is 11.7. The van der Waals surface area contributed by atoms with E-state index in [0.29, 0.717) is 73.4 Å². The quantitative estimate of drug-likeness (QED) is 0.519. The van der Waals surface area contributed by atoms with E-state index in [2.05, 4.69) is 11.9 Å². The average molecular weight is 572 g/mol. The Hall–Kier alpha value is -2.69. The highest BCUT2D eigenvalue weighted by atomic mass is 35.5. The summed E-state index contributed by atoms with van der Waals surface area (Å²) >= 11 is 6.21. The molecule has 1 saturated carbocycles. The van der Waals surface area contributed by atoms with E-state index in [9.17, 15) is 9.59 Å². The summed E-state index contributed by atoms with van der Waals surface area (Å²) < 4.78 is 13.5. The lowest BCUT2D eigenvalue weighted by Gasteiger charge is -2.37. The first-order valence-corrected chi connectivity index (χ1v) is 14.9. The number of carbonyl (C=O) groups is 2. The number of aromatic nitrogens is 3. The van der Waals surface area contributed by atoms with Crippen LogP contribution in [0.15, 0.2) is 18.3 Å². The standard InChI is InChI=1S/C29H38ClN5O5/c1-17-14-20(40-28-22(30)4-3-8-31-28)7-11-34(17)24(37)16-35-23-15-21-18(2)25(21)26(23)27(32-35)29(38)33-9-5-19(6-10-33)39-13-12-36/h3-4,8,17-21,25,36H,5-7,9-16H2,1-2H3/t17-,18+,20-,21-,25+/m0/s1. The Balaban J connectivity index is 1.12. The predicted molar refractivity (Wildman–Crippen MR) is 147 cm³/mol. The number of aliphatic hydroxyl groups excluding tert-OH is 1. The van der Waals surface area contributed by atoms with Gasteiger partial charge in [0.05, 0.1) is 19.3 Å². The first-order valence-electron chi connectivity index (χ1n) is 14.5. The fourth-order valence-corrected chi connectivity index (χ4v) is 7.13. The number of hydrogen-bond donors (Lipinski definition) is 1. The molecule has 2 aliphatic heterocycles. The summed E-state index contributed by atoms with van der Waals surface area (Å²) in [6, 6.07) is 3.53. The van der Waals surface area contributed by atoms with Gasteiger partial charge in [-0.25, -0.2) is 4.98 Å². The minimum atomic E-state index is -0.0589. The van der Waals surface area contributed by atoms with E-state index in [4.69, 9.17) is 31.3 Å². The molecule has 5 atom stereocenters. The maximum atomic E-state index is 13.7. The predicted octanol–water partition coefficient (Wildman–Crippen LogP) is 2.91. The smallest absolute Gasteiger partial charge is 0.274 e. The van der Waals surface area contributed by atoms with Crippen molar-refractivity contribution in [1.29, 1.82) is 0 Å². The lowest BCUT2D eigenvalue weighted by molar-refractivity contribution is -0.136. The number of carbonyl (C=O) groups excluding carboxylic acids is 2. The molecule has 2 aromatic rings. The normalized spacial score (nSPS) is 27.9. The highest BCUT2D eigenvalue weighted by molar-refractivity contribution is 6.31. The third kappa shape index (κ3) is 5.21. The molecule has 40 heavy (non-hydrogen) atoms. The molecule has 10 nitrogen and oxygen atoms in total. The zero-order chi connectivity index (χ0) is 28.0. The maximum absolute atomic E-state index is 13.7. The number of piperidine rings is 2. The van der Waals surface area contributed by atoms with Gasteiger partial charge in [0.15, 0.2) is 5.69 Å². The van der Waals surface area contributed by atoms with E-state index in [-0.39, 0.29) is 43.2 Å². The number of ether oxygens (including phenoxy) is 2. The molecule has 3 fully saturated rings. The van der Waals surface area contributed by atoms with Crippen molar-refractivity contribution in [3.63, 3.8) is 0 Å². The zero-order valence-electron chi connectivity index (χ0n) is 23.2. The van der Waals surface area contributed by atoms with Crippen LogP contribution in [0, 0.1) is 11.8 Å². The largest absolute Gasteiger partial charge is 0.473 e. The van der Waals surface area contributed by atoms with Crippen LogP contribution in [0.25, 0.3) is 0 Å². The minimum absolute atomic E-state index is 0.00113. The molecular weight excluding hydrogens is 534 g/mol. The monoisotopic (exact) mass is 571 g/mol. The molecule has 6 rings (SSSR count). The van der Waals surface area contributed by atoms with Crippen molar-refractivity contribution in [2.75, 3.05) is 32.8 Å². The molecule has 216 valence electrons. The molecule has 2 amide bonds. The molecule has 2 aromatic heterocycles. The number of pyridine rings is 1. The van der Waals surface area contributed by atoms with Crippen molar-refractivity contribution >= 4 is 23.4 Å². The van der Waals surface area contributed by atoms with Gasteiger partial charge in [-0.1, -0.05) is 18.5 Å². The summed E-state index contributed by atoms with van der Waals surface area (Å²) in [5, 5.41) is 14.3. The number of nitrogens with zero attached hydrogens (tertiary/aromatic N) is 5. The van der Waals surface area contributed by atoms with Crippen molar-refractivity contribution in [3.05, 3.63) is 40.3 Å². The molecule has 4 heterocycles. The molecule has 0 radical (unpaired) electrons. The van der Waals surface area contributed by atoms with Gasteiger partial charge >= 0.3 is 0 Å². The van der Waals surface area contributed by atoms with Gasteiger partial charge in [0.1, 0.15) is 17.7 Å². The average Bonchev–Trinajstić information content (AvgIpc) is 3.25. The zero-order valence-corrected chi connectivity index (χ0v) is 23.9. The highest BCUT2D eigenvalue weighted by Crippen LogP contribution is 2.62. The van der Waals surface area contributed by atoms with Crippen LogP contribution in [-0.2, 0) is 22.5 Å². The van der Waals surface area contributed by atoms with Crippen LogP contribution >= 0.6 is 11.6 Å². The SMILES string of the molecule is C[C@@H]1[C@@H]2Cc3c(c(C(=O)N4CCC(OCCO)CC4)nn3CC(=O)N3CC[C@H](Oc4ncccc4Cl)C[C@@H]3C)[C@H]12. The lowest BCUT2D eigenvalue weighted by atomic mass is 10.0. The Morgan fingerprint density at radius 2 is 1.93 bits per heavy atom. The third-order valence-electron chi connectivity index (χ3n) is 9.24. The summed E-state index contributed by atoms with van der Waals surface area (Å²) in [4.78, 5) is 35.2. The van der Waals surface area contributed by atoms with Crippen LogP contribution in [0.5, 0.6) is 5.88 Å². The molecular formula is C29H38ClN5O5.